The minimum atomic E-state index is -3.94. The first-order chi connectivity index (χ1) is 14.0. The lowest BCUT2D eigenvalue weighted by Crippen LogP contribution is -2.32. The fourth-order valence-electron chi connectivity index (χ4n) is 3.34. The Morgan fingerprint density at radius 1 is 1.00 bits per heavy atom. The number of nitrogens with zero attached hydrogens (tertiary/aromatic N) is 1. The summed E-state index contributed by atoms with van der Waals surface area (Å²) in [7, 11) is -7.75. The molecular weight excluding hydrogens is 432 g/mol. The monoisotopic (exact) mass is 452 g/mol. The van der Waals surface area contributed by atoms with E-state index in [4.69, 9.17) is 9.47 Å². The number of carbonyl (C=O) groups is 1. The van der Waals surface area contributed by atoms with Gasteiger partial charge in [-0.15, -0.1) is 0 Å². The van der Waals surface area contributed by atoms with Crippen molar-refractivity contribution in [2.24, 2.45) is 5.41 Å². The van der Waals surface area contributed by atoms with Gasteiger partial charge in [0.15, 0.2) is 11.5 Å². The van der Waals surface area contributed by atoms with Crippen LogP contribution in [0.4, 0.5) is 11.4 Å². The third-order valence-corrected chi connectivity index (χ3v) is 8.18. The number of ether oxygens (including phenoxy) is 2. The van der Waals surface area contributed by atoms with Gasteiger partial charge in [0.05, 0.1) is 27.4 Å². The summed E-state index contributed by atoms with van der Waals surface area (Å²) in [5, 5.41) is 0. The van der Waals surface area contributed by atoms with Crippen molar-refractivity contribution in [2.45, 2.75) is 18.7 Å². The van der Waals surface area contributed by atoms with E-state index in [1.807, 2.05) is 0 Å². The van der Waals surface area contributed by atoms with Crippen LogP contribution in [0.25, 0.3) is 0 Å². The van der Waals surface area contributed by atoms with Crippen molar-refractivity contribution in [3.8, 4) is 11.5 Å². The van der Waals surface area contributed by atoms with E-state index in [2.05, 4.69) is 4.72 Å². The second-order valence-corrected chi connectivity index (χ2v) is 11.2. The molecule has 1 saturated heterocycles. The molecular formula is C19H20N2O7S2. The number of hydrogen-bond donors (Lipinski definition) is 1. The summed E-state index contributed by atoms with van der Waals surface area (Å²) in [4.78, 5) is 12.4. The lowest BCUT2D eigenvalue weighted by molar-refractivity contribution is -0.123. The molecule has 11 heteroatoms. The van der Waals surface area contributed by atoms with Gasteiger partial charge in [-0.3, -0.25) is 9.52 Å². The van der Waals surface area contributed by atoms with Crippen molar-refractivity contribution in [1.82, 2.24) is 0 Å². The lowest BCUT2D eigenvalue weighted by atomic mass is 9.95. The van der Waals surface area contributed by atoms with Crippen LogP contribution in [-0.2, 0) is 24.8 Å². The molecule has 2 aliphatic rings. The van der Waals surface area contributed by atoms with Crippen molar-refractivity contribution in [2.75, 3.05) is 28.0 Å². The minimum Gasteiger partial charge on any atom is -0.486 e. The van der Waals surface area contributed by atoms with Gasteiger partial charge in [-0.1, -0.05) is 0 Å². The number of fused-ring (bicyclic) bond motifs is 1. The first-order valence-electron chi connectivity index (χ1n) is 9.10. The molecule has 2 aromatic rings. The first kappa shape index (κ1) is 20.5. The summed E-state index contributed by atoms with van der Waals surface area (Å²) in [5.74, 6) is 0.127. The summed E-state index contributed by atoms with van der Waals surface area (Å²) >= 11 is 0. The molecule has 2 heterocycles. The van der Waals surface area contributed by atoms with Crippen molar-refractivity contribution in [3.05, 3.63) is 42.5 Å². The van der Waals surface area contributed by atoms with Crippen LogP contribution in [0.1, 0.15) is 13.8 Å². The minimum absolute atomic E-state index is 0.0792. The number of benzene rings is 2. The van der Waals surface area contributed by atoms with Crippen LogP contribution >= 0.6 is 0 Å². The molecule has 0 spiro atoms. The van der Waals surface area contributed by atoms with E-state index in [9.17, 15) is 21.6 Å². The van der Waals surface area contributed by atoms with Gasteiger partial charge >= 0.3 is 0 Å². The third kappa shape index (κ3) is 3.58. The third-order valence-electron chi connectivity index (χ3n) is 4.76. The first-order valence-corrected chi connectivity index (χ1v) is 12.2. The van der Waals surface area contributed by atoms with Crippen LogP contribution in [0.5, 0.6) is 11.5 Å². The highest BCUT2D eigenvalue weighted by atomic mass is 32.2. The summed E-state index contributed by atoms with van der Waals surface area (Å²) in [6, 6.07) is 9.80. The van der Waals surface area contributed by atoms with Crippen molar-refractivity contribution < 1.29 is 31.1 Å². The van der Waals surface area contributed by atoms with Crippen LogP contribution in [0, 0.1) is 5.41 Å². The average Bonchev–Trinajstić information content (AvgIpc) is 2.84. The predicted molar refractivity (Wildman–Crippen MR) is 110 cm³/mol. The molecule has 30 heavy (non-hydrogen) atoms. The molecule has 9 nitrogen and oxygen atoms in total. The number of rotatable bonds is 4. The molecule has 2 aliphatic heterocycles. The van der Waals surface area contributed by atoms with Crippen LogP contribution in [0.2, 0.25) is 0 Å². The quantitative estimate of drug-likeness (QED) is 0.753. The normalized spacial score (nSPS) is 19.5. The molecule has 160 valence electrons. The van der Waals surface area contributed by atoms with Crippen LogP contribution < -0.4 is 18.5 Å². The van der Waals surface area contributed by atoms with Crippen LogP contribution in [0.3, 0.4) is 0 Å². The Balaban J connectivity index is 1.59. The summed E-state index contributed by atoms with van der Waals surface area (Å²) in [6.07, 6.45) is 0. The molecule has 1 fully saturated rings. The van der Waals surface area contributed by atoms with Gasteiger partial charge < -0.3 is 9.47 Å². The number of nitrogens with one attached hydrogen (secondary N) is 1. The Bertz CT molecular complexity index is 1220. The molecule has 0 saturated carbocycles. The number of carbonyl (C=O) groups excluding carboxylic acids is 1. The van der Waals surface area contributed by atoms with Gasteiger partial charge in [0.1, 0.15) is 13.2 Å². The van der Waals surface area contributed by atoms with Crippen molar-refractivity contribution in [1.29, 1.82) is 0 Å². The maximum absolute atomic E-state index is 12.7. The van der Waals surface area contributed by atoms with E-state index in [0.717, 1.165) is 4.31 Å². The van der Waals surface area contributed by atoms with Gasteiger partial charge in [-0.2, -0.15) is 0 Å². The molecule has 0 atom stereocenters. The molecule has 0 bridgehead atoms. The van der Waals surface area contributed by atoms with Gasteiger partial charge in [0.25, 0.3) is 10.0 Å². The smallest absolute Gasteiger partial charge is 0.261 e. The van der Waals surface area contributed by atoms with E-state index in [1.165, 1.54) is 30.3 Å². The summed E-state index contributed by atoms with van der Waals surface area (Å²) < 4.78 is 64.2. The molecule has 4 rings (SSSR count). The maximum Gasteiger partial charge on any atom is 0.261 e. The number of amides is 1. The Morgan fingerprint density at radius 2 is 1.63 bits per heavy atom. The van der Waals surface area contributed by atoms with E-state index in [0.29, 0.717) is 30.4 Å². The highest BCUT2D eigenvalue weighted by Crippen LogP contribution is 2.36. The standard InChI is InChI=1S/C19H20N2O7S2/c1-19(2)12-29(23,24)21(18(19)22)14-4-6-15(7-5-14)30(25,26)20-13-3-8-16-17(11-13)28-10-9-27-16/h3-8,11,20H,9-10,12H2,1-2H3. The highest BCUT2D eigenvalue weighted by molar-refractivity contribution is 7.94. The molecule has 1 N–H and O–H groups in total. The van der Waals surface area contributed by atoms with E-state index in [-0.39, 0.29) is 16.3 Å². The van der Waals surface area contributed by atoms with Crippen molar-refractivity contribution >= 4 is 37.3 Å². The molecule has 1 amide bonds. The van der Waals surface area contributed by atoms with E-state index >= 15 is 0 Å². The zero-order chi connectivity index (χ0) is 21.7. The van der Waals surface area contributed by atoms with Gasteiger partial charge in [0.2, 0.25) is 15.9 Å². The fraction of sp³-hybridized carbons (Fsp3) is 0.316. The zero-order valence-corrected chi connectivity index (χ0v) is 17.9. The molecule has 0 aliphatic carbocycles. The van der Waals surface area contributed by atoms with Crippen LogP contribution in [0.15, 0.2) is 47.4 Å². The topological polar surface area (TPSA) is 119 Å². The molecule has 0 unspecified atom stereocenters. The molecule has 2 aromatic carbocycles. The Labute approximate surface area is 174 Å². The summed E-state index contributed by atoms with van der Waals surface area (Å²) in [5.41, 5.74) is -0.644. The fourth-order valence-corrected chi connectivity index (χ4v) is 6.50. The molecule has 0 aromatic heterocycles. The van der Waals surface area contributed by atoms with Crippen molar-refractivity contribution in [3.63, 3.8) is 0 Å². The Hall–Kier alpha value is -2.79. The van der Waals surface area contributed by atoms with Gasteiger partial charge in [-0.05, 0) is 50.2 Å². The van der Waals surface area contributed by atoms with E-state index < -0.39 is 31.4 Å². The zero-order valence-electron chi connectivity index (χ0n) is 16.3. The predicted octanol–water partition coefficient (Wildman–Crippen LogP) is 1.96. The Kier molecular flexibility index (Phi) is 4.70. The largest absolute Gasteiger partial charge is 0.486 e. The number of anilines is 2. The SMILES string of the molecule is CC1(C)CS(=O)(=O)N(c2ccc(S(=O)(=O)Nc3ccc4c(c3)OCCO4)cc2)C1=O. The second kappa shape index (κ2) is 6.88. The van der Waals surface area contributed by atoms with Gasteiger partial charge in [-0.25, -0.2) is 21.1 Å². The van der Waals surface area contributed by atoms with Gasteiger partial charge in [0, 0.05) is 6.07 Å². The highest BCUT2D eigenvalue weighted by Gasteiger charge is 2.49. The second-order valence-electron chi connectivity index (χ2n) is 7.67. The maximum atomic E-state index is 12.7. The molecule has 0 radical (unpaired) electrons. The van der Waals surface area contributed by atoms with E-state index in [1.54, 1.807) is 26.0 Å². The number of sulfonamides is 2. The van der Waals surface area contributed by atoms with Crippen LogP contribution in [-0.4, -0.2) is 41.7 Å². The Morgan fingerprint density at radius 3 is 2.23 bits per heavy atom. The lowest BCUT2D eigenvalue weighted by Gasteiger charge is -2.19. The summed E-state index contributed by atoms with van der Waals surface area (Å²) in [6.45, 7) is 3.92. The average molecular weight is 453 g/mol. The number of hydrogen-bond acceptors (Lipinski definition) is 7.